The van der Waals surface area contributed by atoms with Crippen LogP contribution in [0.15, 0.2) is 4.42 Å². The van der Waals surface area contributed by atoms with Crippen molar-refractivity contribution in [3.8, 4) is 0 Å². The van der Waals surface area contributed by atoms with Gasteiger partial charge in [-0.25, -0.2) is 0 Å². The van der Waals surface area contributed by atoms with E-state index in [0.717, 1.165) is 11.5 Å². The van der Waals surface area contributed by atoms with Crippen molar-refractivity contribution < 1.29 is 4.42 Å². The third-order valence-corrected chi connectivity index (χ3v) is 1.40. The maximum atomic E-state index is 5.29. The summed E-state index contributed by atoms with van der Waals surface area (Å²) < 4.78 is 5.29. The van der Waals surface area contributed by atoms with Crippen LogP contribution in [0.25, 0.3) is 0 Å². The minimum atomic E-state index is 0.676. The first kappa shape index (κ1) is 7.12. The predicted molar refractivity (Wildman–Crippen MR) is 40.3 cm³/mol. The first-order chi connectivity index (χ1) is 4.61. The van der Waals surface area contributed by atoms with Crippen molar-refractivity contribution in [3.05, 3.63) is 11.5 Å². The van der Waals surface area contributed by atoms with Gasteiger partial charge in [0.2, 0.25) is 0 Å². The molecular formula is C7H12N2O. The van der Waals surface area contributed by atoms with E-state index in [0.29, 0.717) is 6.01 Å². The van der Waals surface area contributed by atoms with Crippen molar-refractivity contribution in [2.75, 3.05) is 19.0 Å². The van der Waals surface area contributed by atoms with Crippen LogP contribution >= 0.6 is 0 Å². The summed E-state index contributed by atoms with van der Waals surface area (Å²) in [5.41, 5.74) is 0.962. The number of hydrogen-bond donors (Lipinski definition) is 0. The third-order valence-electron chi connectivity index (χ3n) is 1.40. The van der Waals surface area contributed by atoms with Gasteiger partial charge >= 0.3 is 0 Å². The van der Waals surface area contributed by atoms with Gasteiger partial charge in [0.05, 0.1) is 5.69 Å². The lowest BCUT2D eigenvalue weighted by Gasteiger charge is -2.03. The number of anilines is 1. The van der Waals surface area contributed by atoms with E-state index in [4.69, 9.17) is 4.42 Å². The highest BCUT2D eigenvalue weighted by molar-refractivity contribution is 5.26. The average Bonchev–Trinajstić information content (AvgIpc) is 2.13. The summed E-state index contributed by atoms with van der Waals surface area (Å²) in [7, 11) is 3.81. The van der Waals surface area contributed by atoms with Gasteiger partial charge in [0, 0.05) is 14.1 Å². The number of nitrogens with zero attached hydrogens (tertiary/aromatic N) is 2. The second kappa shape index (κ2) is 2.33. The molecule has 0 aromatic carbocycles. The predicted octanol–water partition coefficient (Wildman–Crippen LogP) is 1.36. The summed E-state index contributed by atoms with van der Waals surface area (Å²) >= 11 is 0. The SMILES string of the molecule is Cc1nc(N(C)C)oc1C. The lowest BCUT2D eigenvalue weighted by atomic mass is 10.4. The molecule has 56 valence electrons. The summed E-state index contributed by atoms with van der Waals surface area (Å²) in [5.74, 6) is 0.892. The van der Waals surface area contributed by atoms with E-state index in [2.05, 4.69) is 4.98 Å². The molecule has 1 heterocycles. The molecule has 0 amide bonds. The van der Waals surface area contributed by atoms with Crippen molar-refractivity contribution in [2.45, 2.75) is 13.8 Å². The molecule has 0 saturated carbocycles. The Labute approximate surface area is 60.7 Å². The van der Waals surface area contributed by atoms with E-state index in [9.17, 15) is 0 Å². The van der Waals surface area contributed by atoms with Gasteiger partial charge < -0.3 is 9.32 Å². The zero-order chi connectivity index (χ0) is 7.72. The van der Waals surface area contributed by atoms with Crippen LogP contribution in [0.2, 0.25) is 0 Å². The Morgan fingerprint density at radius 1 is 1.30 bits per heavy atom. The van der Waals surface area contributed by atoms with Gasteiger partial charge in [0.25, 0.3) is 6.01 Å². The highest BCUT2D eigenvalue weighted by Gasteiger charge is 2.05. The highest BCUT2D eigenvalue weighted by Crippen LogP contribution is 2.14. The molecule has 10 heavy (non-hydrogen) atoms. The zero-order valence-corrected chi connectivity index (χ0v) is 6.80. The Morgan fingerprint density at radius 2 is 1.90 bits per heavy atom. The maximum absolute atomic E-state index is 5.29. The number of rotatable bonds is 1. The molecule has 0 atom stereocenters. The van der Waals surface area contributed by atoms with E-state index in [1.807, 2.05) is 32.8 Å². The van der Waals surface area contributed by atoms with Crippen LogP contribution < -0.4 is 4.90 Å². The first-order valence-corrected chi connectivity index (χ1v) is 3.22. The van der Waals surface area contributed by atoms with Crippen molar-refractivity contribution in [1.82, 2.24) is 4.98 Å². The highest BCUT2D eigenvalue weighted by atomic mass is 16.4. The fourth-order valence-corrected chi connectivity index (χ4v) is 0.647. The summed E-state index contributed by atoms with van der Waals surface area (Å²) in [6.07, 6.45) is 0. The minimum absolute atomic E-state index is 0.676. The van der Waals surface area contributed by atoms with Crippen LogP contribution in [0.3, 0.4) is 0 Å². The molecule has 0 aliphatic rings. The van der Waals surface area contributed by atoms with Gasteiger partial charge in [-0.3, -0.25) is 0 Å². The Kier molecular flexibility index (Phi) is 1.66. The average molecular weight is 140 g/mol. The summed E-state index contributed by atoms with van der Waals surface area (Å²) in [6, 6.07) is 0.676. The standard InChI is InChI=1S/C7H12N2O/c1-5-6(2)10-7(8-5)9(3)4/h1-4H3. The summed E-state index contributed by atoms with van der Waals surface area (Å²) in [6.45, 7) is 3.85. The number of aromatic nitrogens is 1. The van der Waals surface area contributed by atoms with Crippen LogP contribution in [0, 0.1) is 13.8 Å². The Bertz CT molecular complexity index is 208. The van der Waals surface area contributed by atoms with Gasteiger partial charge in [0.1, 0.15) is 5.76 Å². The molecule has 1 rings (SSSR count). The lowest BCUT2D eigenvalue weighted by molar-refractivity contribution is 0.525. The van der Waals surface area contributed by atoms with Crippen LogP contribution in [0.5, 0.6) is 0 Å². The molecule has 3 nitrogen and oxygen atoms in total. The zero-order valence-electron chi connectivity index (χ0n) is 6.80. The second-order valence-electron chi connectivity index (χ2n) is 2.53. The molecular weight excluding hydrogens is 128 g/mol. The number of oxazole rings is 1. The molecule has 0 spiro atoms. The maximum Gasteiger partial charge on any atom is 0.297 e. The quantitative estimate of drug-likeness (QED) is 0.589. The lowest BCUT2D eigenvalue weighted by Crippen LogP contribution is -2.08. The topological polar surface area (TPSA) is 29.3 Å². The molecule has 1 aromatic heterocycles. The van der Waals surface area contributed by atoms with E-state index in [-0.39, 0.29) is 0 Å². The van der Waals surface area contributed by atoms with Crippen LogP contribution in [-0.4, -0.2) is 19.1 Å². The fraction of sp³-hybridized carbons (Fsp3) is 0.571. The molecule has 0 unspecified atom stereocenters. The van der Waals surface area contributed by atoms with Gasteiger partial charge in [-0.2, -0.15) is 4.98 Å². The molecule has 3 heteroatoms. The van der Waals surface area contributed by atoms with Gasteiger partial charge in [-0.1, -0.05) is 0 Å². The monoisotopic (exact) mass is 140 g/mol. The molecule has 1 aromatic rings. The van der Waals surface area contributed by atoms with E-state index < -0.39 is 0 Å². The molecule has 0 bridgehead atoms. The largest absolute Gasteiger partial charge is 0.429 e. The molecule has 0 aliphatic heterocycles. The summed E-state index contributed by atoms with van der Waals surface area (Å²) in [4.78, 5) is 6.02. The Hall–Kier alpha value is -0.990. The molecule has 0 aliphatic carbocycles. The molecule has 0 N–H and O–H groups in total. The first-order valence-electron chi connectivity index (χ1n) is 3.22. The second-order valence-corrected chi connectivity index (χ2v) is 2.53. The van der Waals surface area contributed by atoms with Crippen LogP contribution in [0.4, 0.5) is 6.01 Å². The fourth-order valence-electron chi connectivity index (χ4n) is 0.647. The number of aryl methyl sites for hydroxylation is 2. The van der Waals surface area contributed by atoms with Crippen LogP contribution in [-0.2, 0) is 0 Å². The van der Waals surface area contributed by atoms with Crippen molar-refractivity contribution in [2.24, 2.45) is 0 Å². The van der Waals surface area contributed by atoms with Crippen molar-refractivity contribution >= 4 is 6.01 Å². The van der Waals surface area contributed by atoms with Crippen molar-refractivity contribution in [1.29, 1.82) is 0 Å². The smallest absolute Gasteiger partial charge is 0.297 e. The van der Waals surface area contributed by atoms with Gasteiger partial charge in [0.15, 0.2) is 0 Å². The molecule has 0 saturated heterocycles. The van der Waals surface area contributed by atoms with Gasteiger partial charge in [-0.05, 0) is 13.8 Å². The summed E-state index contributed by atoms with van der Waals surface area (Å²) in [5, 5.41) is 0. The van der Waals surface area contributed by atoms with Crippen LogP contribution in [0.1, 0.15) is 11.5 Å². The van der Waals surface area contributed by atoms with E-state index in [1.165, 1.54) is 0 Å². The Balaban J connectivity index is 2.98. The minimum Gasteiger partial charge on any atom is -0.429 e. The Morgan fingerprint density at radius 3 is 2.10 bits per heavy atom. The molecule has 0 fully saturated rings. The third kappa shape index (κ3) is 1.12. The van der Waals surface area contributed by atoms with Gasteiger partial charge in [-0.15, -0.1) is 0 Å². The van der Waals surface area contributed by atoms with Crippen molar-refractivity contribution in [3.63, 3.8) is 0 Å². The number of hydrogen-bond acceptors (Lipinski definition) is 3. The molecule has 0 radical (unpaired) electrons. The van der Waals surface area contributed by atoms with E-state index in [1.54, 1.807) is 0 Å². The normalized spacial score (nSPS) is 10.0. The van der Waals surface area contributed by atoms with E-state index >= 15 is 0 Å².